The topological polar surface area (TPSA) is 41.4 Å². The lowest BCUT2D eigenvalue weighted by Gasteiger charge is -2.36. The Labute approximate surface area is 177 Å². The van der Waals surface area contributed by atoms with Crippen molar-refractivity contribution in [3.05, 3.63) is 51.3 Å². The molecule has 10 heteroatoms. The highest BCUT2D eigenvalue weighted by atomic mass is 35.5. The predicted octanol–water partition coefficient (Wildman–Crippen LogP) is 4.42. The monoisotopic (exact) mass is 448 g/mol. The van der Waals surface area contributed by atoms with E-state index in [2.05, 4.69) is 10.00 Å². The summed E-state index contributed by atoms with van der Waals surface area (Å²) < 4.78 is 40.2. The Morgan fingerprint density at radius 1 is 1.17 bits per heavy atom. The van der Waals surface area contributed by atoms with Gasteiger partial charge in [0.15, 0.2) is 5.69 Å². The van der Waals surface area contributed by atoms with Gasteiger partial charge in [0, 0.05) is 37.7 Å². The summed E-state index contributed by atoms with van der Waals surface area (Å²) in [5, 5.41) is 3.79. The van der Waals surface area contributed by atoms with Crippen molar-refractivity contribution in [3.8, 4) is 0 Å². The van der Waals surface area contributed by atoms with Crippen LogP contribution in [0.25, 0.3) is 0 Å². The zero-order valence-corrected chi connectivity index (χ0v) is 17.5. The third-order valence-electron chi connectivity index (χ3n) is 5.11. The summed E-state index contributed by atoms with van der Waals surface area (Å²) in [5.74, 6) is -0.279. The molecule has 0 bridgehead atoms. The standard InChI is InChI=1S/C19H21Cl2F3N4O/c1-12-16(21)17(19(22,23)24)25-28(12)13(2)18(29)27-9-7-26(8-10-27)11-14-5-3-4-6-15(14)20/h3-6,13H,7-11H2,1-2H3. The second-order valence-electron chi connectivity index (χ2n) is 7.06. The van der Waals surface area contributed by atoms with Gasteiger partial charge in [-0.15, -0.1) is 0 Å². The first-order valence-corrected chi connectivity index (χ1v) is 9.91. The molecule has 1 aromatic heterocycles. The first kappa shape index (κ1) is 21.9. The average Bonchev–Trinajstić information content (AvgIpc) is 2.98. The van der Waals surface area contributed by atoms with Gasteiger partial charge in [-0.1, -0.05) is 41.4 Å². The van der Waals surface area contributed by atoms with Crippen LogP contribution in [0.1, 0.15) is 29.9 Å². The summed E-state index contributed by atoms with van der Waals surface area (Å²) in [5.41, 5.74) is -0.0260. The van der Waals surface area contributed by atoms with Gasteiger partial charge >= 0.3 is 6.18 Å². The van der Waals surface area contributed by atoms with Crippen molar-refractivity contribution in [1.82, 2.24) is 19.6 Å². The zero-order chi connectivity index (χ0) is 21.3. The van der Waals surface area contributed by atoms with Gasteiger partial charge in [-0.2, -0.15) is 18.3 Å². The molecule has 0 radical (unpaired) electrons. The molecule has 0 aliphatic carbocycles. The molecule has 29 heavy (non-hydrogen) atoms. The fraction of sp³-hybridized carbons (Fsp3) is 0.474. The Morgan fingerprint density at radius 3 is 2.34 bits per heavy atom. The number of aromatic nitrogens is 2. The van der Waals surface area contributed by atoms with Crippen LogP contribution < -0.4 is 0 Å². The van der Waals surface area contributed by atoms with Gasteiger partial charge in [0.25, 0.3) is 0 Å². The van der Waals surface area contributed by atoms with Crippen LogP contribution in [0.3, 0.4) is 0 Å². The van der Waals surface area contributed by atoms with Crippen molar-refractivity contribution in [2.24, 2.45) is 0 Å². The number of halogens is 5. The van der Waals surface area contributed by atoms with Crippen LogP contribution in [-0.2, 0) is 17.5 Å². The van der Waals surface area contributed by atoms with Crippen LogP contribution in [0.15, 0.2) is 24.3 Å². The first-order chi connectivity index (χ1) is 13.6. The van der Waals surface area contributed by atoms with Crippen molar-refractivity contribution < 1.29 is 18.0 Å². The summed E-state index contributed by atoms with van der Waals surface area (Å²) in [6.45, 7) is 5.90. The molecule has 1 amide bonds. The van der Waals surface area contributed by atoms with Crippen LogP contribution in [0.4, 0.5) is 13.2 Å². The van der Waals surface area contributed by atoms with Crippen molar-refractivity contribution in [2.45, 2.75) is 32.6 Å². The number of piperazine rings is 1. The normalized spacial score (nSPS) is 16.9. The number of rotatable bonds is 4. The van der Waals surface area contributed by atoms with E-state index < -0.39 is 22.9 Å². The Morgan fingerprint density at radius 2 is 1.79 bits per heavy atom. The number of hydrogen-bond donors (Lipinski definition) is 0. The average molecular weight is 449 g/mol. The van der Waals surface area contributed by atoms with Crippen molar-refractivity contribution in [1.29, 1.82) is 0 Å². The summed E-state index contributed by atoms with van der Waals surface area (Å²) in [6, 6.07) is 6.72. The Balaban J connectivity index is 1.64. The fourth-order valence-corrected chi connectivity index (χ4v) is 3.85. The molecule has 3 rings (SSSR count). The smallest absolute Gasteiger partial charge is 0.338 e. The lowest BCUT2D eigenvalue weighted by molar-refractivity contribution is -0.142. The Bertz CT molecular complexity index is 892. The number of carbonyl (C=O) groups excluding carboxylic acids is 1. The number of amides is 1. The summed E-state index contributed by atoms with van der Waals surface area (Å²) in [4.78, 5) is 16.7. The van der Waals surface area contributed by atoms with Gasteiger partial charge in [0.05, 0.1) is 10.7 Å². The molecule has 2 aromatic rings. The lowest BCUT2D eigenvalue weighted by Crippen LogP contribution is -2.50. The van der Waals surface area contributed by atoms with Crippen molar-refractivity contribution >= 4 is 29.1 Å². The predicted molar refractivity (Wildman–Crippen MR) is 105 cm³/mol. The molecule has 0 spiro atoms. The first-order valence-electron chi connectivity index (χ1n) is 9.16. The molecular weight excluding hydrogens is 428 g/mol. The molecule has 1 aliphatic heterocycles. The molecule has 0 saturated carbocycles. The summed E-state index contributed by atoms with van der Waals surface area (Å²) in [6.07, 6.45) is -4.67. The third kappa shape index (κ3) is 4.70. The van der Waals surface area contributed by atoms with Gasteiger partial charge in [-0.05, 0) is 25.5 Å². The zero-order valence-electron chi connectivity index (χ0n) is 16.0. The third-order valence-corrected chi connectivity index (χ3v) is 5.93. The van der Waals surface area contributed by atoms with E-state index >= 15 is 0 Å². The molecule has 1 saturated heterocycles. The number of carbonyl (C=O) groups is 1. The Kier molecular flexibility index (Phi) is 6.45. The van der Waals surface area contributed by atoms with E-state index in [-0.39, 0.29) is 11.6 Å². The molecular formula is C19H21Cl2F3N4O. The van der Waals surface area contributed by atoms with Gasteiger partial charge in [0.2, 0.25) is 5.91 Å². The lowest BCUT2D eigenvalue weighted by atomic mass is 10.2. The maximum atomic E-state index is 13.0. The minimum Gasteiger partial charge on any atom is -0.338 e. The molecule has 2 heterocycles. The van der Waals surface area contributed by atoms with E-state index in [1.54, 1.807) is 4.90 Å². The number of hydrogen-bond acceptors (Lipinski definition) is 3. The SMILES string of the molecule is Cc1c(Cl)c(C(F)(F)F)nn1C(C)C(=O)N1CCN(Cc2ccccc2Cl)CC1. The van der Waals surface area contributed by atoms with E-state index in [4.69, 9.17) is 23.2 Å². The number of benzene rings is 1. The summed E-state index contributed by atoms with van der Waals surface area (Å²) in [7, 11) is 0. The molecule has 0 N–H and O–H groups in total. The van der Waals surface area contributed by atoms with Crippen LogP contribution in [0.5, 0.6) is 0 Å². The molecule has 158 valence electrons. The molecule has 1 aromatic carbocycles. The number of alkyl halides is 3. The minimum atomic E-state index is -4.67. The maximum Gasteiger partial charge on any atom is 0.436 e. The maximum absolute atomic E-state index is 13.0. The highest BCUT2D eigenvalue weighted by Crippen LogP contribution is 2.36. The van der Waals surface area contributed by atoms with Gasteiger partial charge < -0.3 is 4.90 Å². The van der Waals surface area contributed by atoms with Gasteiger partial charge in [-0.25, -0.2) is 0 Å². The van der Waals surface area contributed by atoms with E-state index in [1.165, 1.54) is 13.8 Å². The van der Waals surface area contributed by atoms with E-state index in [1.807, 2.05) is 24.3 Å². The van der Waals surface area contributed by atoms with Gasteiger partial charge in [0.1, 0.15) is 6.04 Å². The van der Waals surface area contributed by atoms with Crippen LogP contribution >= 0.6 is 23.2 Å². The Hall–Kier alpha value is -1.77. The molecule has 1 atom stereocenters. The minimum absolute atomic E-state index is 0.122. The molecule has 1 unspecified atom stereocenters. The summed E-state index contributed by atoms with van der Waals surface area (Å²) >= 11 is 12.0. The van der Waals surface area contributed by atoms with Gasteiger partial charge in [-0.3, -0.25) is 14.4 Å². The largest absolute Gasteiger partial charge is 0.436 e. The quantitative estimate of drug-likeness (QED) is 0.694. The van der Waals surface area contributed by atoms with Crippen molar-refractivity contribution in [2.75, 3.05) is 26.2 Å². The van der Waals surface area contributed by atoms with E-state index in [0.717, 1.165) is 10.2 Å². The second-order valence-corrected chi connectivity index (χ2v) is 7.84. The van der Waals surface area contributed by atoms with Crippen LogP contribution in [0.2, 0.25) is 10.0 Å². The molecule has 1 fully saturated rings. The van der Waals surface area contributed by atoms with Crippen LogP contribution in [0, 0.1) is 6.92 Å². The second kappa shape index (κ2) is 8.53. The molecule has 5 nitrogen and oxygen atoms in total. The highest BCUT2D eigenvalue weighted by molar-refractivity contribution is 6.32. The van der Waals surface area contributed by atoms with Crippen LogP contribution in [-0.4, -0.2) is 51.7 Å². The van der Waals surface area contributed by atoms with Crippen molar-refractivity contribution in [3.63, 3.8) is 0 Å². The number of nitrogens with zero attached hydrogens (tertiary/aromatic N) is 4. The highest BCUT2D eigenvalue weighted by Gasteiger charge is 2.39. The van der Waals surface area contributed by atoms with E-state index in [0.29, 0.717) is 37.7 Å². The van der Waals surface area contributed by atoms with E-state index in [9.17, 15) is 18.0 Å². The fourth-order valence-electron chi connectivity index (χ4n) is 3.42. The molecule has 1 aliphatic rings.